The average molecular weight is 421 g/mol. The summed E-state index contributed by atoms with van der Waals surface area (Å²) in [5.41, 5.74) is 3.90. The number of hydrogen-bond acceptors (Lipinski definition) is 6. The molecule has 2 aromatic rings. The van der Waals surface area contributed by atoms with Crippen LogP contribution < -0.4 is 9.62 Å². The lowest BCUT2D eigenvalue weighted by Crippen LogP contribution is -2.34. The molecule has 0 amide bonds. The maximum atomic E-state index is 12.0. The van der Waals surface area contributed by atoms with Gasteiger partial charge in [-0.3, -0.25) is 9.21 Å². The highest BCUT2D eigenvalue weighted by Crippen LogP contribution is 2.34. The minimum Gasteiger partial charge on any atom is -0.360 e. The van der Waals surface area contributed by atoms with Crippen molar-refractivity contribution in [1.82, 2.24) is 9.88 Å². The molecule has 1 fully saturated rings. The Morgan fingerprint density at radius 3 is 2.93 bits per heavy atom. The number of anilines is 2. The van der Waals surface area contributed by atoms with Gasteiger partial charge in [0, 0.05) is 30.1 Å². The number of aryl methyl sites for hydroxylation is 1. The first-order valence-electron chi connectivity index (χ1n) is 10.00. The van der Waals surface area contributed by atoms with Crippen molar-refractivity contribution in [2.24, 2.45) is 0 Å². The standard InChI is InChI=1S/C20H28N4O2S2/c1-3-23-10-5-7-17(23)13-21-20-22-18(14-27-20)15-8-9-19-16(12-15)6-4-11-24(19)28(2,25)26/h8-9,12,14,17H,3-7,10-11,13H2,1-2H3,(H,21,22)/t17-/m0/s1. The third-order valence-corrected chi connectivity index (χ3v) is 7.73. The quantitative estimate of drug-likeness (QED) is 0.776. The number of nitrogens with one attached hydrogen (secondary N) is 1. The van der Waals surface area contributed by atoms with Gasteiger partial charge in [-0.2, -0.15) is 0 Å². The molecule has 0 aliphatic carbocycles. The van der Waals surface area contributed by atoms with E-state index in [0.29, 0.717) is 12.6 Å². The molecule has 1 N–H and O–H groups in total. The number of likely N-dealkylation sites (N-methyl/N-ethyl adjacent to an activating group) is 1. The normalized spacial score (nSPS) is 20.4. The van der Waals surface area contributed by atoms with Gasteiger partial charge in [0.1, 0.15) is 0 Å². The number of rotatable bonds is 6. The Bertz CT molecular complexity index is 941. The highest BCUT2D eigenvalue weighted by molar-refractivity contribution is 7.92. The van der Waals surface area contributed by atoms with Gasteiger partial charge in [-0.1, -0.05) is 13.0 Å². The Kier molecular flexibility index (Phi) is 5.62. The Morgan fingerprint density at radius 1 is 1.29 bits per heavy atom. The second-order valence-electron chi connectivity index (χ2n) is 7.63. The van der Waals surface area contributed by atoms with E-state index in [4.69, 9.17) is 4.98 Å². The monoisotopic (exact) mass is 420 g/mol. The summed E-state index contributed by atoms with van der Waals surface area (Å²) in [5, 5.41) is 6.54. The molecule has 0 radical (unpaired) electrons. The number of sulfonamides is 1. The van der Waals surface area contributed by atoms with Crippen LogP contribution in [0, 0.1) is 0 Å². The Hall–Kier alpha value is -1.64. The summed E-state index contributed by atoms with van der Waals surface area (Å²) in [6, 6.07) is 6.61. The summed E-state index contributed by atoms with van der Waals surface area (Å²) < 4.78 is 25.6. The lowest BCUT2D eigenvalue weighted by molar-refractivity contribution is 0.277. The summed E-state index contributed by atoms with van der Waals surface area (Å²) in [5.74, 6) is 0. The molecule has 0 bridgehead atoms. The summed E-state index contributed by atoms with van der Waals surface area (Å²) >= 11 is 1.63. The predicted octanol–water partition coefficient (Wildman–Crippen LogP) is 3.42. The largest absolute Gasteiger partial charge is 0.360 e. The Balaban J connectivity index is 1.48. The topological polar surface area (TPSA) is 65.5 Å². The van der Waals surface area contributed by atoms with E-state index in [1.807, 2.05) is 12.1 Å². The van der Waals surface area contributed by atoms with Crippen LogP contribution in [0.25, 0.3) is 11.3 Å². The van der Waals surface area contributed by atoms with Crippen molar-refractivity contribution in [1.29, 1.82) is 0 Å². The molecule has 2 aliphatic heterocycles. The molecular formula is C20H28N4O2S2. The van der Waals surface area contributed by atoms with Crippen LogP contribution in [-0.4, -0.2) is 56.8 Å². The molecule has 4 rings (SSSR count). The number of thiazole rings is 1. The zero-order valence-corrected chi connectivity index (χ0v) is 18.2. The highest BCUT2D eigenvalue weighted by Gasteiger charge is 2.25. The van der Waals surface area contributed by atoms with Gasteiger partial charge in [0.15, 0.2) is 5.13 Å². The fraction of sp³-hybridized carbons (Fsp3) is 0.550. The predicted molar refractivity (Wildman–Crippen MR) is 117 cm³/mol. The number of nitrogens with zero attached hydrogens (tertiary/aromatic N) is 3. The van der Waals surface area contributed by atoms with Gasteiger partial charge in [0.2, 0.25) is 10.0 Å². The van der Waals surface area contributed by atoms with Gasteiger partial charge in [0.25, 0.3) is 0 Å². The van der Waals surface area contributed by atoms with Crippen molar-refractivity contribution < 1.29 is 8.42 Å². The molecule has 152 valence electrons. The fourth-order valence-corrected chi connectivity index (χ4v) is 6.03. The number of benzene rings is 1. The lowest BCUT2D eigenvalue weighted by Gasteiger charge is -2.29. The van der Waals surface area contributed by atoms with Crippen molar-refractivity contribution in [2.45, 2.75) is 38.6 Å². The Labute approximate surface area is 171 Å². The maximum Gasteiger partial charge on any atom is 0.232 e. The van der Waals surface area contributed by atoms with Crippen molar-refractivity contribution in [3.8, 4) is 11.3 Å². The molecule has 8 heteroatoms. The summed E-state index contributed by atoms with van der Waals surface area (Å²) in [7, 11) is -3.23. The van der Waals surface area contributed by atoms with Crippen LogP contribution in [0.2, 0.25) is 0 Å². The van der Waals surface area contributed by atoms with Crippen molar-refractivity contribution >= 4 is 32.2 Å². The smallest absolute Gasteiger partial charge is 0.232 e. The van der Waals surface area contributed by atoms with Crippen LogP contribution in [-0.2, 0) is 16.4 Å². The number of hydrogen-bond donors (Lipinski definition) is 1. The molecular weight excluding hydrogens is 392 g/mol. The van der Waals surface area contributed by atoms with E-state index in [9.17, 15) is 8.42 Å². The molecule has 1 aromatic carbocycles. The summed E-state index contributed by atoms with van der Waals surface area (Å²) in [6.45, 7) is 6.03. The first-order valence-corrected chi connectivity index (χ1v) is 12.7. The molecule has 6 nitrogen and oxygen atoms in total. The second kappa shape index (κ2) is 8.00. The maximum absolute atomic E-state index is 12.0. The second-order valence-corrected chi connectivity index (χ2v) is 10.4. The van der Waals surface area contributed by atoms with Gasteiger partial charge in [-0.05, 0) is 56.5 Å². The minimum atomic E-state index is -3.23. The van der Waals surface area contributed by atoms with E-state index in [0.717, 1.165) is 53.6 Å². The van der Waals surface area contributed by atoms with Crippen LogP contribution in [0.4, 0.5) is 10.8 Å². The van der Waals surface area contributed by atoms with Gasteiger partial charge >= 0.3 is 0 Å². The number of fused-ring (bicyclic) bond motifs is 1. The highest BCUT2D eigenvalue weighted by atomic mass is 32.2. The zero-order chi connectivity index (χ0) is 19.7. The van der Waals surface area contributed by atoms with Gasteiger partial charge in [-0.25, -0.2) is 13.4 Å². The van der Waals surface area contributed by atoms with Crippen molar-refractivity contribution in [3.63, 3.8) is 0 Å². The zero-order valence-electron chi connectivity index (χ0n) is 16.5. The van der Waals surface area contributed by atoms with Crippen molar-refractivity contribution in [3.05, 3.63) is 29.1 Å². The van der Waals surface area contributed by atoms with Gasteiger partial charge in [-0.15, -0.1) is 11.3 Å². The molecule has 1 aromatic heterocycles. The molecule has 0 spiro atoms. The van der Waals surface area contributed by atoms with E-state index in [2.05, 4.69) is 28.6 Å². The van der Waals surface area contributed by atoms with Gasteiger partial charge in [0.05, 0.1) is 17.6 Å². The minimum absolute atomic E-state index is 0.561. The van der Waals surface area contributed by atoms with Crippen LogP contribution in [0.3, 0.4) is 0 Å². The third-order valence-electron chi connectivity index (χ3n) is 5.75. The van der Waals surface area contributed by atoms with Crippen LogP contribution in [0.15, 0.2) is 23.6 Å². The Morgan fingerprint density at radius 2 is 2.14 bits per heavy atom. The summed E-state index contributed by atoms with van der Waals surface area (Å²) in [4.78, 5) is 7.29. The van der Waals surface area contributed by atoms with Gasteiger partial charge < -0.3 is 5.32 Å². The first-order chi connectivity index (χ1) is 13.5. The van der Waals surface area contributed by atoms with Crippen molar-refractivity contribution in [2.75, 3.05) is 42.1 Å². The van der Waals surface area contributed by atoms with Crippen LogP contribution in [0.5, 0.6) is 0 Å². The lowest BCUT2D eigenvalue weighted by atomic mass is 10.00. The SMILES string of the molecule is CCN1CCC[C@H]1CNc1nc(-c2ccc3c(c2)CCCN3S(C)(=O)=O)cs1. The molecule has 1 atom stereocenters. The molecule has 1 saturated heterocycles. The van der Waals surface area contributed by atoms with E-state index in [-0.39, 0.29) is 0 Å². The van der Waals surface area contributed by atoms with E-state index < -0.39 is 10.0 Å². The number of likely N-dealkylation sites (tertiary alicyclic amines) is 1. The average Bonchev–Trinajstić information content (AvgIpc) is 3.33. The molecule has 28 heavy (non-hydrogen) atoms. The third kappa shape index (κ3) is 4.04. The van der Waals surface area contributed by atoms with E-state index in [1.165, 1.54) is 29.9 Å². The molecule has 3 heterocycles. The molecule has 0 saturated carbocycles. The number of aromatic nitrogens is 1. The first kappa shape index (κ1) is 19.7. The molecule has 2 aliphatic rings. The van der Waals surface area contributed by atoms with Crippen LogP contribution in [0.1, 0.15) is 31.7 Å². The van der Waals surface area contributed by atoms with E-state index in [1.54, 1.807) is 11.3 Å². The molecule has 0 unspecified atom stereocenters. The fourth-order valence-electron chi connectivity index (χ4n) is 4.30. The van der Waals surface area contributed by atoms with E-state index >= 15 is 0 Å². The summed E-state index contributed by atoms with van der Waals surface area (Å²) in [6.07, 6.45) is 5.56. The van der Waals surface area contributed by atoms with Crippen LogP contribution >= 0.6 is 11.3 Å².